The Morgan fingerprint density at radius 3 is 2.59 bits per heavy atom. The summed E-state index contributed by atoms with van der Waals surface area (Å²) in [4.78, 5) is 34.0. The predicted molar refractivity (Wildman–Crippen MR) is 79.3 cm³/mol. The van der Waals surface area contributed by atoms with Crippen LogP contribution in [-0.4, -0.2) is 40.0 Å². The average Bonchev–Trinajstić information content (AvgIpc) is 2.46. The molecule has 0 aliphatic heterocycles. The third kappa shape index (κ3) is 4.81. The zero-order valence-electron chi connectivity index (χ0n) is 12.6. The fourth-order valence-electron chi connectivity index (χ4n) is 1.59. The third-order valence-corrected chi connectivity index (χ3v) is 2.92. The number of nitrogens with zero attached hydrogens (tertiary/aromatic N) is 1. The molecule has 1 unspecified atom stereocenters. The first kappa shape index (κ1) is 17.6. The summed E-state index contributed by atoms with van der Waals surface area (Å²) in [5, 5.41) is 24.8. The summed E-state index contributed by atoms with van der Waals surface area (Å²) >= 11 is 0. The van der Waals surface area contributed by atoms with E-state index in [9.17, 15) is 19.7 Å². The van der Waals surface area contributed by atoms with E-state index < -0.39 is 28.3 Å². The molecule has 8 nitrogen and oxygen atoms in total. The van der Waals surface area contributed by atoms with Crippen molar-refractivity contribution in [3.8, 4) is 0 Å². The van der Waals surface area contributed by atoms with Crippen LogP contribution < -0.4 is 10.6 Å². The number of nitrogens with one attached hydrogen (secondary N) is 2. The lowest BCUT2D eigenvalue weighted by molar-refractivity contribution is -0.384. The van der Waals surface area contributed by atoms with E-state index in [0.29, 0.717) is 0 Å². The lowest BCUT2D eigenvalue weighted by Gasteiger charge is -2.25. The molecule has 1 atom stereocenters. The van der Waals surface area contributed by atoms with Gasteiger partial charge in [-0.1, -0.05) is 6.07 Å². The molecule has 0 aliphatic carbocycles. The number of hydrogen-bond donors (Lipinski definition) is 3. The minimum Gasteiger partial charge on any atom is -0.394 e. The van der Waals surface area contributed by atoms with Gasteiger partial charge in [-0.25, -0.2) is 0 Å². The number of carbonyl (C=O) groups is 2. The van der Waals surface area contributed by atoms with Gasteiger partial charge >= 0.3 is 0 Å². The largest absolute Gasteiger partial charge is 0.394 e. The van der Waals surface area contributed by atoms with Crippen molar-refractivity contribution < 1.29 is 19.6 Å². The molecule has 2 amide bonds. The summed E-state index contributed by atoms with van der Waals surface area (Å²) in [6.07, 6.45) is 0. The van der Waals surface area contributed by atoms with Crippen LogP contribution in [0.3, 0.4) is 0 Å². The number of aliphatic hydroxyl groups excluding tert-OH is 1. The number of nitro groups is 1. The van der Waals surface area contributed by atoms with E-state index in [1.54, 1.807) is 13.8 Å². The van der Waals surface area contributed by atoms with Gasteiger partial charge in [0.05, 0.1) is 17.1 Å². The zero-order valence-corrected chi connectivity index (χ0v) is 12.6. The number of aliphatic hydroxyl groups is 1. The maximum atomic E-state index is 12.0. The monoisotopic (exact) mass is 309 g/mol. The Kier molecular flexibility index (Phi) is 5.58. The van der Waals surface area contributed by atoms with Crippen LogP contribution in [0.5, 0.6) is 0 Å². The van der Waals surface area contributed by atoms with Crippen LogP contribution in [0.4, 0.5) is 5.69 Å². The second-order valence-corrected chi connectivity index (χ2v) is 5.53. The summed E-state index contributed by atoms with van der Waals surface area (Å²) in [6.45, 7) is 4.52. The van der Waals surface area contributed by atoms with E-state index in [-0.39, 0.29) is 17.9 Å². The molecule has 1 aromatic rings. The van der Waals surface area contributed by atoms with E-state index in [1.807, 2.05) is 0 Å². The molecule has 120 valence electrons. The van der Waals surface area contributed by atoms with Crippen LogP contribution in [0.15, 0.2) is 24.3 Å². The first-order valence-corrected chi connectivity index (χ1v) is 6.64. The minimum atomic E-state index is -0.849. The number of amides is 2. The van der Waals surface area contributed by atoms with Gasteiger partial charge in [0.2, 0.25) is 5.91 Å². The van der Waals surface area contributed by atoms with Crippen molar-refractivity contribution in [3.63, 3.8) is 0 Å². The number of benzene rings is 1. The number of rotatable bonds is 6. The Labute approximate surface area is 127 Å². The Morgan fingerprint density at radius 1 is 1.41 bits per heavy atom. The molecule has 0 saturated carbocycles. The summed E-state index contributed by atoms with van der Waals surface area (Å²) in [7, 11) is 0. The highest BCUT2D eigenvalue weighted by Gasteiger charge is 2.24. The molecule has 0 bridgehead atoms. The molecular weight excluding hydrogens is 290 g/mol. The van der Waals surface area contributed by atoms with Crippen molar-refractivity contribution in [3.05, 3.63) is 39.9 Å². The van der Waals surface area contributed by atoms with Gasteiger partial charge in [-0.05, 0) is 26.8 Å². The van der Waals surface area contributed by atoms with Crippen molar-refractivity contribution in [1.82, 2.24) is 10.6 Å². The lowest BCUT2D eigenvalue weighted by Crippen LogP contribution is -2.53. The smallest absolute Gasteiger partial charge is 0.270 e. The third-order valence-electron chi connectivity index (χ3n) is 2.92. The molecule has 0 fully saturated rings. The summed E-state index contributed by atoms with van der Waals surface area (Å²) < 4.78 is 0. The molecule has 3 N–H and O–H groups in total. The van der Waals surface area contributed by atoms with Crippen LogP contribution in [0.1, 0.15) is 31.1 Å². The van der Waals surface area contributed by atoms with Crippen molar-refractivity contribution in [2.45, 2.75) is 32.4 Å². The Balaban J connectivity index is 2.74. The molecule has 0 aliphatic rings. The molecule has 8 heteroatoms. The van der Waals surface area contributed by atoms with Crippen LogP contribution >= 0.6 is 0 Å². The second kappa shape index (κ2) is 6.99. The van der Waals surface area contributed by atoms with Gasteiger partial charge in [-0.2, -0.15) is 0 Å². The number of carbonyl (C=O) groups excluding carboxylic acids is 2. The summed E-state index contributed by atoms with van der Waals surface area (Å²) in [5.41, 5.74) is -0.914. The molecular formula is C14H19N3O5. The highest BCUT2D eigenvalue weighted by Crippen LogP contribution is 2.13. The van der Waals surface area contributed by atoms with E-state index in [0.717, 1.165) is 6.07 Å². The Morgan fingerprint density at radius 2 is 2.05 bits per heavy atom. The van der Waals surface area contributed by atoms with E-state index >= 15 is 0 Å². The quantitative estimate of drug-likeness (QED) is 0.525. The summed E-state index contributed by atoms with van der Waals surface area (Å²) in [5.74, 6) is -1.05. The van der Waals surface area contributed by atoms with Gasteiger partial charge in [0, 0.05) is 17.7 Å². The zero-order chi connectivity index (χ0) is 16.9. The molecule has 1 rings (SSSR count). The standard InChI is InChI=1S/C14H19N3O5/c1-9(12(19)16-14(2,3)8-18)15-13(20)10-5-4-6-11(7-10)17(21)22/h4-7,9,18H,8H2,1-3H3,(H,15,20)(H,16,19). The van der Waals surface area contributed by atoms with E-state index in [2.05, 4.69) is 10.6 Å². The minimum absolute atomic E-state index is 0.0928. The maximum absolute atomic E-state index is 12.0. The van der Waals surface area contributed by atoms with Crippen LogP contribution in [0.25, 0.3) is 0 Å². The molecule has 1 aromatic carbocycles. The number of non-ortho nitro benzene ring substituents is 1. The molecule has 0 spiro atoms. The van der Waals surface area contributed by atoms with Crippen molar-refractivity contribution in [1.29, 1.82) is 0 Å². The van der Waals surface area contributed by atoms with Crippen molar-refractivity contribution >= 4 is 17.5 Å². The van der Waals surface area contributed by atoms with Crippen LogP contribution in [-0.2, 0) is 4.79 Å². The summed E-state index contributed by atoms with van der Waals surface area (Å²) in [6, 6.07) is 4.38. The van der Waals surface area contributed by atoms with Crippen molar-refractivity contribution in [2.24, 2.45) is 0 Å². The molecule has 0 aromatic heterocycles. The Hall–Kier alpha value is -2.48. The topological polar surface area (TPSA) is 122 Å². The second-order valence-electron chi connectivity index (χ2n) is 5.53. The first-order valence-electron chi connectivity index (χ1n) is 6.64. The average molecular weight is 309 g/mol. The van der Waals surface area contributed by atoms with Crippen LogP contribution in [0.2, 0.25) is 0 Å². The highest BCUT2D eigenvalue weighted by atomic mass is 16.6. The van der Waals surface area contributed by atoms with E-state index in [4.69, 9.17) is 5.11 Å². The maximum Gasteiger partial charge on any atom is 0.270 e. The van der Waals surface area contributed by atoms with Gasteiger partial charge < -0.3 is 15.7 Å². The van der Waals surface area contributed by atoms with Gasteiger partial charge in [-0.15, -0.1) is 0 Å². The van der Waals surface area contributed by atoms with Crippen LogP contribution in [0, 0.1) is 10.1 Å². The Bertz CT molecular complexity index is 586. The SMILES string of the molecule is CC(NC(=O)c1cccc([N+](=O)[O-])c1)C(=O)NC(C)(C)CO. The van der Waals surface area contributed by atoms with Gasteiger partial charge in [0.25, 0.3) is 11.6 Å². The fourth-order valence-corrected chi connectivity index (χ4v) is 1.59. The van der Waals surface area contributed by atoms with Gasteiger partial charge in [0.15, 0.2) is 0 Å². The molecule has 22 heavy (non-hydrogen) atoms. The molecule has 0 saturated heterocycles. The first-order chi connectivity index (χ1) is 10.2. The normalized spacial score (nSPS) is 12.4. The number of hydrogen-bond acceptors (Lipinski definition) is 5. The molecule has 0 radical (unpaired) electrons. The molecule has 0 heterocycles. The fraction of sp³-hybridized carbons (Fsp3) is 0.429. The van der Waals surface area contributed by atoms with Gasteiger partial charge in [-0.3, -0.25) is 19.7 Å². The highest BCUT2D eigenvalue weighted by molar-refractivity contribution is 5.97. The predicted octanol–water partition coefficient (Wildman–Crippen LogP) is 0.600. The van der Waals surface area contributed by atoms with Crippen molar-refractivity contribution in [2.75, 3.05) is 6.61 Å². The number of nitro benzene ring substituents is 1. The lowest BCUT2D eigenvalue weighted by atomic mass is 10.1. The van der Waals surface area contributed by atoms with E-state index in [1.165, 1.54) is 25.1 Å². The van der Waals surface area contributed by atoms with Gasteiger partial charge in [0.1, 0.15) is 6.04 Å².